The monoisotopic (exact) mass is 413 g/mol. The lowest BCUT2D eigenvalue weighted by molar-refractivity contribution is -0.138. The molecular weight excluding hydrogens is 393 g/mol. The second-order valence-electron chi connectivity index (χ2n) is 7.15. The zero-order valence-electron chi connectivity index (χ0n) is 16.1. The molecule has 0 N–H and O–H groups in total. The van der Waals surface area contributed by atoms with E-state index < -0.39 is 11.9 Å². The molecule has 0 saturated carbocycles. The van der Waals surface area contributed by atoms with Gasteiger partial charge in [-0.25, -0.2) is 9.37 Å². The van der Waals surface area contributed by atoms with Crippen molar-refractivity contribution in [3.63, 3.8) is 0 Å². The second kappa shape index (κ2) is 8.33. The first-order valence-electron chi connectivity index (χ1n) is 9.69. The molecule has 2 aromatic heterocycles. The van der Waals surface area contributed by atoms with Crippen molar-refractivity contribution in [1.29, 1.82) is 0 Å². The highest BCUT2D eigenvalue weighted by Crippen LogP contribution is 2.33. The Hall–Kier alpha value is -2.73. The summed E-state index contributed by atoms with van der Waals surface area (Å²) in [6, 6.07) is 9.64. The summed E-state index contributed by atoms with van der Waals surface area (Å²) in [5.74, 6) is -0.0742. The molecule has 0 bridgehead atoms. The first-order chi connectivity index (χ1) is 14.0. The summed E-state index contributed by atoms with van der Waals surface area (Å²) in [6.45, 7) is 3.30. The summed E-state index contributed by atoms with van der Waals surface area (Å²) < 4.78 is 19.2. The van der Waals surface area contributed by atoms with E-state index in [1.165, 1.54) is 12.1 Å². The van der Waals surface area contributed by atoms with Gasteiger partial charge in [0.15, 0.2) is 11.8 Å². The Bertz CT molecular complexity index is 1050. The van der Waals surface area contributed by atoms with Crippen LogP contribution in [0.25, 0.3) is 22.2 Å². The normalized spacial score (nSPS) is 15.3. The highest BCUT2D eigenvalue weighted by atomic mass is 35.5. The quantitative estimate of drug-likeness (QED) is 0.612. The number of carbonyl (C=O) groups is 1. The third-order valence-corrected chi connectivity index (χ3v) is 5.42. The van der Waals surface area contributed by atoms with Gasteiger partial charge in [-0.3, -0.25) is 4.79 Å². The minimum Gasteiger partial charge on any atom is -0.464 e. The predicted octanol–water partition coefficient (Wildman–Crippen LogP) is 4.87. The highest BCUT2D eigenvalue weighted by Gasteiger charge is 2.24. The largest absolute Gasteiger partial charge is 0.464 e. The van der Waals surface area contributed by atoms with Gasteiger partial charge < -0.3 is 9.64 Å². The van der Waals surface area contributed by atoms with E-state index in [0.29, 0.717) is 22.1 Å². The lowest BCUT2D eigenvalue weighted by Crippen LogP contribution is -2.43. The Morgan fingerprint density at radius 2 is 1.93 bits per heavy atom. The molecule has 1 amide bonds. The Balaban J connectivity index is 1.59. The third-order valence-electron chi connectivity index (χ3n) is 5.11. The van der Waals surface area contributed by atoms with Crippen molar-refractivity contribution in [2.24, 2.45) is 0 Å². The van der Waals surface area contributed by atoms with Gasteiger partial charge >= 0.3 is 0 Å². The van der Waals surface area contributed by atoms with Gasteiger partial charge in [0.25, 0.3) is 5.91 Å². The molecule has 0 aliphatic carbocycles. The number of pyridine rings is 2. The molecule has 0 spiro atoms. The van der Waals surface area contributed by atoms with Crippen LogP contribution in [0.2, 0.25) is 5.02 Å². The first-order valence-corrected chi connectivity index (χ1v) is 10.1. The van der Waals surface area contributed by atoms with Crippen LogP contribution >= 0.6 is 11.6 Å². The lowest BCUT2D eigenvalue weighted by Gasteiger charge is -2.29. The average molecular weight is 414 g/mol. The SMILES string of the molecule is CC(Oc1ccc2c(-c3ccc(F)cc3Cl)ccnc2n1)C(=O)N1CCCCC1. The molecular formula is C22H21ClFN3O2. The van der Waals surface area contributed by atoms with Crippen molar-refractivity contribution in [3.8, 4) is 17.0 Å². The maximum Gasteiger partial charge on any atom is 0.263 e. The Labute approximate surface area is 173 Å². The van der Waals surface area contributed by atoms with Crippen LogP contribution in [0.4, 0.5) is 4.39 Å². The molecule has 7 heteroatoms. The fraction of sp³-hybridized carbons (Fsp3) is 0.318. The molecule has 1 aliphatic heterocycles. The molecule has 3 heterocycles. The molecule has 1 aromatic carbocycles. The molecule has 5 nitrogen and oxygen atoms in total. The molecule has 1 unspecified atom stereocenters. The molecule has 29 heavy (non-hydrogen) atoms. The fourth-order valence-electron chi connectivity index (χ4n) is 3.62. The van der Waals surface area contributed by atoms with Crippen LogP contribution in [0.5, 0.6) is 5.88 Å². The van der Waals surface area contributed by atoms with Crippen molar-refractivity contribution in [2.45, 2.75) is 32.3 Å². The summed E-state index contributed by atoms with van der Waals surface area (Å²) in [5, 5.41) is 1.09. The van der Waals surface area contributed by atoms with Gasteiger partial charge in [-0.2, -0.15) is 4.98 Å². The predicted molar refractivity (Wildman–Crippen MR) is 110 cm³/mol. The molecule has 0 radical (unpaired) electrons. The number of rotatable bonds is 4. The minimum atomic E-state index is -0.618. The number of fused-ring (bicyclic) bond motifs is 1. The van der Waals surface area contributed by atoms with E-state index in [4.69, 9.17) is 16.3 Å². The van der Waals surface area contributed by atoms with Crippen LogP contribution in [-0.2, 0) is 4.79 Å². The second-order valence-corrected chi connectivity index (χ2v) is 7.56. The number of aromatic nitrogens is 2. The zero-order valence-corrected chi connectivity index (χ0v) is 16.8. The standard InChI is InChI=1S/C22H21ClFN3O2/c1-14(22(28)27-11-3-2-4-12-27)29-20-8-7-18-16(9-10-25-21(18)26-20)17-6-5-15(24)13-19(17)23/h5-10,13-14H,2-4,11-12H2,1H3. The minimum absolute atomic E-state index is 0.0219. The maximum absolute atomic E-state index is 13.4. The molecule has 1 fully saturated rings. The van der Waals surface area contributed by atoms with E-state index in [0.717, 1.165) is 43.3 Å². The molecule has 1 saturated heterocycles. The number of piperidine rings is 1. The summed E-state index contributed by atoms with van der Waals surface area (Å²) >= 11 is 6.23. The molecule has 1 aliphatic rings. The van der Waals surface area contributed by atoms with Crippen LogP contribution < -0.4 is 4.74 Å². The number of amides is 1. The van der Waals surface area contributed by atoms with Gasteiger partial charge in [-0.05, 0) is 62.1 Å². The van der Waals surface area contributed by atoms with Gasteiger partial charge in [0, 0.05) is 36.3 Å². The van der Waals surface area contributed by atoms with Gasteiger partial charge in [0.05, 0.1) is 5.02 Å². The molecule has 150 valence electrons. The number of likely N-dealkylation sites (tertiary alicyclic amines) is 1. The van der Waals surface area contributed by atoms with Crippen LogP contribution in [0.3, 0.4) is 0 Å². The summed E-state index contributed by atoms with van der Waals surface area (Å²) in [7, 11) is 0. The zero-order chi connectivity index (χ0) is 20.4. The molecule has 1 atom stereocenters. The Morgan fingerprint density at radius 3 is 2.69 bits per heavy atom. The van der Waals surface area contributed by atoms with Crippen molar-refractivity contribution in [2.75, 3.05) is 13.1 Å². The Morgan fingerprint density at radius 1 is 1.14 bits per heavy atom. The van der Waals surface area contributed by atoms with E-state index >= 15 is 0 Å². The maximum atomic E-state index is 13.4. The summed E-state index contributed by atoms with van der Waals surface area (Å²) in [5.41, 5.74) is 1.97. The van der Waals surface area contributed by atoms with E-state index in [1.807, 2.05) is 17.0 Å². The van der Waals surface area contributed by atoms with Gasteiger partial charge in [0.2, 0.25) is 5.88 Å². The number of ether oxygens (including phenoxy) is 1. The molecule has 4 rings (SSSR count). The van der Waals surface area contributed by atoms with Crippen LogP contribution in [0.1, 0.15) is 26.2 Å². The number of hydrogen-bond acceptors (Lipinski definition) is 4. The average Bonchev–Trinajstić information content (AvgIpc) is 2.73. The third kappa shape index (κ3) is 4.17. The first kappa shape index (κ1) is 19.6. The van der Waals surface area contributed by atoms with Gasteiger partial charge in [0.1, 0.15) is 5.82 Å². The van der Waals surface area contributed by atoms with E-state index in [2.05, 4.69) is 9.97 Å². The number of benzene rings is 1. The van der Waals surface area contributed by atoms with Crippen molar-refractivity contribution < 1.29 is 13.9 Å². The summed E-state index contributed by atoms with van der Waals surface area (Å²) in [4.78, 5) is 23.2. The topological polar surface area (TPSA) is 55.3 Å². The highest BCUT2D eigenvalue weighted by molar-refractivity contribution is 6.33. The molecule has 3 aromatic rings. The van der Waals surface area contributed by atoms with E-state index in [9.17, 15) is 9.18 Å². The smallest absolute Gasteiger partial charge is 0.263 e. The number of nitrogens with zero attached hydrogens (tertiary/aromatic N) is 3. The van der Waals surface area contributed by atoms with Crippen LogP contribution in [-0.4, -0.2) is 40.0 Å². The number of hydrogen-bond donors (Lipinski definition) is 0. The fourth-order valence-corrected chi connectivity index (χ4v) is 3.89. The number of carbonyl (C=O) groups excluding carboxylic acids is 1. The van der Waals surface area contributed by atoms with E-state index in [-0.39, 0.29) is 5.91 Å². The van der Waals surface area contributed by atoms with Crippen LogP contribution in [0, 0.1) is 5.82 Å². The van der Waals surface area contributed by atoms with Crippen molar-refractivity contribution in [3.05, 3.63) is 53.4 Å². The summed E-state index contributed by atoms with van der Waals surface area (Å²) in [6.07, 6.45) is 4.23. The number of halogens is 2. The van der Waals surface area contributed by atoms with Crippen LogP contribution in [0.15, 0.2) is 42.6 Å². The van der Waals surface area contributed by atoms with Gasteiger partial charge in [-0.1, -0.05) is 11.6 Å². The Kier molecular flexibility index (Phi) is 5.62. The van der Waals surface area contributed by atoms with Gasteiger partial charge in [-0.15, -0.1) is 0 Å². The van der Waals surface area contributed by atoms with Crippen molar-refractivity contribution >= 4 is 28.5 Å². The van der Waals surface area contributed by atoms with Crippen molar-refractivity contribution in [1.82, 2.24) is 14.9 Å². The lowest BCUT2D eigenvalue weighted by atomic mass is 10.0. The van der Waals surface area contributed by atoms with E-state index in [1.54, 1.807) is 25.3 Å².